The van der Waals surface area contributed by atoms with Gasteiger partial charge >= 0.3 is 12.1 Å². The van der Waals surface area contributed by atoms with Crippen LogP contribution in [0.15, 0.2) is 0 Å². The van der Waals surface area contributed by atoms with Crippen molar-refractivity contribution in [3.8, 4) is 0 Å². The average molecular weight is 261 g/mol. The number of hydrogen-bond donors (Lipinski definition) is 1. The molecular weight excluding hydrogens is 241 g/mol. The van der Waals surface area contributed by atoms with Gasteiger partial charge in [-0.05, 0) is 27.2 Å². The molecule has 1 aliphatic heterocycles. The van der Waals surface area contributed by atoms with Crippen LogP contribution in [0.25, 0.3) is 0 Å². The van der Waals surface area contributed by atoms with E-state index in [0.29, 0.717) is 6.42 Å². The zero-order valence-electron chi connectivity index (χ0n) is 10.6. The number of carbonyl (C=O) groups is 2. The molecule has 0 aromatic heterocycles. The highest BCUT2D eigenvalue weighted by atomic mass is 31.0. The highest BCUT2D eigenvalue weighted by Gasteiger charge is 2.35. The van der Waals surface area contributed by atoms with Crippen LogP contribution in [0.5, 0.6) is 0 Å². The second-order valence-corrected chi connectivity index (χ2v) is 6.00. The van der Waals surface area contributed by atoms with Crippen LogP contribution < -0.4 is 5.32 Å². The first kappa shape index (κ1) is 14.2. The minimum absolute atomic E-state index is 0.108. The Morgan fingerprint density at radius 1 is 1.59 bits per heavy atom. The largest absolute Gasteiger partial charge is 0.460 e. The van der Waals surface area contributed by atoms with E-state index in [-0.39, 0.29) is 23.8 Å². The first-order chi connectivity index (χ1) is 7.69. The monoisotopic (exact) mass is 261 g/mol. The third-order valence-electron chi connectivity index (χ3n) is 2.34. The molecule has 1 aliphatic rings. The molecule has 0 radical (unpaired) electrons. The van der Waals surface area contributed by atoms with Crippen molar-refractivity contribution in [2.45, 2.75) is 51.6 Å². The lowest BCUT2D eigenvalue weighted by molar-refractivity contribution is -0.144. The Morgan fingerprint density at radius 2 is 2.18 bits per heavy atom. The summed E-state index contributed by atoms with van der Waals surface area (Å²) in [5.74, 6) is -0.643. The number of alkyl carbamates (subject to hydrolysis) is 1. The van der Waals surface area contributed by atoms with Crippen LogP contribution in [-0.4, -0.2) is 29.6 Å². The van der Waals surface area contributed by atoms with Crippen LogP contribution in [0.3, 0.4) is 0 Å². The first-order valence-corrected chi connectivity index (χ1v) is 6.31. The van der Waals surface area contributed by atoms with Crippen LogP contribution in [0.4, 0.5) is 4.79 Å². The molecule has 1 fully saturated rings. The predicted molar refractivity (Wildman–Crippen MR) is 66.5 cm³/mol. The molecule has 0 bridgehead atoms. The molecule has 0 aromatic rings. The van der Waals surface area contributed by atoms with Crippen LogP contribution >= 0.6 is 9.24 Å². The van der Waals surface area contributed by atoms with Crippen LogP contribution in [0, 0.1) is 5.92 Å². The van der Waals surface area contributed by atoms with Gasteiger partial charge in [-0.25, -0.2) is 4.79 Å². The van der Waals surface area contributed by atoms with Crippen molar-refractivity contribution in [3.05, 3.63) is 0 Å². The van der Waals surface area contributed by atoms with Gasteiger partial charge < -0.3 is 14.8 Å². The minimum atomic E-state index is -0.534. The van der Waals surface area contributed by atoms with Crippen LogP contribution in [-0.2, 0) is 14.3 Å². The maximum Gasteiger partial charge on any atom is 0.408 e. The van der Waals surface area contributed by atoms with Gasteiger partial charge in [-0.15, -0.1) is 9.24 Å². The molecule has 1 saturated heterocycles. The van der Waals surface area contributed by atoms with E-state index in [1.54, 1.807) is 20.8 Å². The Hall–Kier alpha value is -0.830. The first-order valence-electron chi connectivity index (χ1n) is 5.64. The topological polar surface area (TPSA) is 64.6 Å². The maximum atomic E-state index is 11.5. The van der Waals surface area contributed by atoms with E-state index < -0.39 is 11.7 Å². The minimum Gasteiger partial charge on any atom is -0.460 e. The van der Waals surface area contributed by atoms with Gasteiger partial charge in [-0.1, -0.05) is 6.92 Å². The summed E-state index contributed by atoms with van der Waals surface area (Å²) in [4.78, 5) is 22.7. The molecule has 1 amide bonds. The van der Waals surface area contributed by atoms with E-state index in [1.165, 1.54) is 0 Å². The van der Waals surface area contributed by atoms with Crippen molar-refractivity contribution in [2.75, 3.05) is 0 Å². The Balaban J connectivity index is 2.42. The van der Waals surface area contributed by atoms with E-state index in [0.717, 1.165) is 0 Å². The number of ether oxygens (including phenoxy) is 2. The molecule has 17 heavy (non-hydrogen) atoms. The van der Waals surface area contributed by atoms with Gasteiger partial charge in [0.25, 0.3) is 0 Å². The van der Waals surface area contributed by atoms with Crippen molar-refractivity contribution in [3.63, 3.8) is 0 Å². The third kappa shape index (κ3) is 4.50. The summed E-state index contributed by atoms with van der Waals surface area (Å²) >= 11 is 0. The SMILES string of the molecule is CC1CC(C(P)NC(=O)OC(C)(C)C)OC1=O. The van der Waals surface area contributed by atoms with Crippen LogP contribution in [0.2, 0.25) is 0 Å². The van der Waals surface area contributed by atoms with Gasteiger partial charge in [0.2, 0.25) is 0 Å². The van der Waals surface area contributed by atoms with Crippen LogP contribution in [0.1, 0.15) is 34.1 Å². The Labute approximate surface area is 104 Å². The molecule has 0 aliphatic carbocycles. The summed E-state index contributed by atoms with van der Waals surface area (Å²) in [6.07, 6.45) is -0.189. The molecule has 4 unspecified atom stereocenters. The van der Waals surface area contributed by atoms with Gasteiger partial charge in [0.1, 0.15) is 11.7 Å². The fourth-order valence-electron chi connectivity index (χ4n) is 1.51. The van der Waals surface area contributed by atoms with Gasteiger partial charge in [0.05, 0.1) is 11.7 Å². The molecule has 98 valence electrons. The summed E-state index contributed by atoms with van der Waals surface area (Å²) in [6, 6.07) is 0. The van der Waals surface area contributed by atoms with Crippen molar-refractivity contribution >= 4 is 21.3 Å². The summed E-state index contributed by atoms with van der Waals surface area (Å²) < 4.78 is 10.3. The smallest absolute Gasteiger partial charge is 0.408 e. The number of hydrogen-bond acceptors (Lipinski definition) is 4. The van der Waals surface area contributed by atoms with E-state index >= 15 is 0 Å². The molecule has 0 spiro atoms. The second-order valence-electron chi connectivity index (χ2n) is 5.28. The molecule has 5 nitrogen and oxygen atoms in total. The standard InChI is InChI=1S/C11H20NO4P/c1-6-5-7(15-9(6)13)8(17)12-10(14)16-11(2,3)4/h6-8H,5,17H2,1-4H3,(H,12,14). The Kier molecular flexibility index (Phi) is 4.36. The lowest BCUT2D eigenvalue weighted by Gasteiger charge is -2.23. The lowest BCUT2D eigenvalue weighted by atomic mass is 10.1. The lowest BCUT2D eigenvalue weighted by Crippen LogP contribution is -2.41. The summed E-state index contributed by atoms with van der Waals surface area (Å²) in [5, 5.41) is 2.64. The fraction of sp³-hybridized carbons (Fsp3) is 0.818. The maximum absolute atomic E-state index is 11.5. The number of esters is 1. The van der Waals surface area contributed by atoms with Gasteiger partial charge in [0, 0.05) is 0 Å². The van der Waals surface area contributed by atoms with Gasteiger partial charge in [0.15, 0.2) is 0 Å². The molecule has 0 aromatic carbocycles. The van der Waals surface area contributed by atoms with Crippen molar-refractivity contribution in [1.29, 1.82) is 0 Å². The summed E-state index contributed by atoms with van der Waals surface area (Å²) in [5.41, 5.74) is -0.534. The van der Waals surface area contributed by atoms with Crippen molar-refractivity contribution in [1.82, 2.24) is 5.32 Å². The Bertz CT molecular complexity index is 313. The molecule has 4 atom stereocenters. The fourth-order valence-corrected chi connectivity index (χ4v) is 1.89. The van der Waals surface area contributed by atoms with E-state index in [2.05, 4.69) is 14.6 Å². The number of carbonyl (C=O) groups excluding carboxylic acids is 2. The molecular formula is C11H20NO4P. The molecule has 1 rings (SSSR count). The number of nitrogens with one attached hydrogen (secondary N) is 1. The average Bonchev–Trinajstić information content (AvgIpc) is 2.43. The zero-order chi connectivity index (χ0) is 13.2. The van der Waals surface area contributed by atoms with Crippen molar-refractivity contribution < 1.29 is 19.1 Å². The molecule has 6 heteroatoms. The van der Waals surface area contributed by atoms with Crippen molar-refractivity contribution in [2.24, 2.45) is 5.92 Å². The van der Waals surface area contributed by atoms with E-state index in [9.17, 15) is 9.59 Å². The van der Waals surface area contributed by atoms with E-state index in [4.69, 9.17) is 9.47 Å². The molecule has 1 heterocycles. The van der Waals surface area contributed by atoms with Gasteiger partial charge in [-0.2, -0.15) is 0 Å². The molecule has 1 N–H and O–H groups in total. The highest BCUT2D eigenvalue weighted by Crippen LogP contribution is 2.25. The predicted octanol–water partition coefficient (Wildman–Crippen LogP) is 1.66. The third-order valence-corrected chi connectivity index (χ3v) is 2.94. The van der Waals surface area contributed by atoms with Gasteiger partial charge in [-0.3, -0.25) is 4.79 Å². The van der Waals surface area contributed by atoms with E-state index in [1.807, 2.05) is 6.92 Å². The molecule has 0 saturated carbocycles. The quantitative estimate of drug-likeness (QED) is 0.606. The summed E-state index contributed by atoms with van der Waals surface area (Å²) in [6.45, 7) is 7.19. The number of cyclic esters (lactones) is 1. The summed E-state index contributed by atoms with van der Waals surface area (Å²) in [7, 11) is 2.46. The highest BCUT2D eigenvalue weighted by molar-refractivity contribution is 7.17. The number of amides is 1. The number of rotatable bonds is 2. The normalized spacial score (nSPS) is 26.3. The second kappa shape index (κ2) is 5.21. The zero-order valence-corrected chi connectivity index (χ0v) is 11.8. The Morgan fingerprint density at radius 3 is 2.59 bits per heavy atom.